The van der Waals surface area contributed by atoms with Crippen LogP contribution in [0, 0.1) is 16.7 Å². The zero-order chi connectivity index (χ0) is 12.6. The summed E-state index contributed by atoms with van der Waals surface area (Å²) in [5, 5.41) is 15.3. The number of hydrogen-bond acceptors (Lipinski definition) is 3. The van der Waals surface area contributed by atoms with Crippen LogP contribution in [0.5, 0.6) is 0 Å². The number of urea groups is 1. The molecule has 5 nitrogen and oxygen atoms in total. The van der Waals surface area contributed by atoms with Crippen molar-refractivity contribution in [2.24, 2.45) is 16.7 Å². The molecule has 2 aliphatic carbocycles. The normalized spacial score (nSPS) is 50.8. The van der Waals surface area contributed by atoms with E-state index in [-0.39, 0.29) is 22.7 Å². The predicted molar refractivity (Wildman–Crippen MR) is 60.0 cm³/mol. The smallest absolute Gasteiger partial charge is 0.322 e. The first-order valence-corrected chi connectivity index (χ1v) is 6.06. The summed E-state index contributed by atoms with van der Waals surface area (Å²) < 4.78 is 0. The summed E-state index contributed by atoms with van der Waals surface area (Å²) in [5.74, 6) is -0.224. The van der Waals surface area contributed by atoms with E-state index in [1.165, 1.54) is 0 Å². The summed E-state index contributed by atoms with van der Waals surface area (Å²) in [7, 11) is 0. The van der Waals surface area contributed by atoms with Crippen LogP contribution in [-0.4, -0.2) is 28.7 Å². The second-order valence-corrected chi connectivity index (χ2v) is 6.50. The van der Waals surface area contributed by atoms with Gasteiger partial charge in [-0.1, -0.05) is 20.8 Å². The molecule has 3 amide bonds. The van der Waals surface area contributed by atoms with Gasteiger partial charge >= 0.3 is 6.03 Å². The first-order valence-electron chi connectivity index (χ1n) is 6.06. The van der Waals surface area contributed by atoms with E-state index in [9.17, 15) is 14.7 Å². The largest absolute Gasteiger partial charge is 0.393 e. The van der Waals surface area contributed by atoms with Gasteiger partial charge in [0.2, 0.25) is 0 Å². The molecular formula is C12H18N2O3. The molecule has 3 fully saturated rings. The van der Waals surface area contributed by atoms with Gasteiger partial charge in [0.05, 0.1) is 6.10 Å². The molecule has 0 aromatic rings. The average Bonchev–Trinajstić information content (AvgIpc) is 2.61. The van der Waals surface area contributed by atoms with Crippen LogP contribution in [-0.2, 0) is 4.79 Å². The Morgan fingerprint density at radius 2 is 1.94 bits per heavy atom. The molecule has 0 unspecified atom stereocenters. The molecule has 0 aromatic heterocycles. The third-order valence-corrected chi connectivity index (χ3v) is 5.75. The summed E-state index contributed by atoms with van der Waals surface area (Å²) in [5.41, 5.74) is -1.26. The van der Waals surface area contributed by atoms with Crippen molar-refractivity contribution in [2.75, 3.05) is 0 Å². The number of rotatable bonds is 0. The number of nitrogens with one attached hydrogen (secondary N) is 2. The van der Waals surface area contributed by atoms with Crippen molar-refractivity contribution in [3.05, 3.63) is 0 Å². The molecule has 94 valence electrons. The number of carbonyl (C=O) groups is 2. The molecule has 0 aromatic carbocycles. The standard InChI is InChI=1S/C12H18N2O3/c1-10(2)6-4-7(15)11(10,3)5-12(6)8(16)13-9(17)14-12/h6-7,15H,4-5H2,1-3H3,(H2,13,14,16,17)/t6-,7-,11-,12-/m1/s1. The number of aliphatic hydroxyl groups excluding tert-OH is 1. The summed E-state index contributed by atoms with van der Waals surface area (Å²) >= 11 is 0. The highest BCUT2D eigenvalue weighted by atomic mass is 16.3. The van der Waals surface area contributed by atoms with Gasteiger partial charge in [-0.05, 0) is 24.2 Å². The van der Waals surface area contributed by atoms with E-state index in [4.69, 9.17) is 0 Å². The van der Waals surface area contributed by atoms with E-state index >= 15 is 0 Å². The van der Waals surface area contributed by atoms with E-state index < -0.39 is 17.7 Å². The van der Waals surface area contributed by atoms with E-state index in [1.54, 1.807) is 0 Å². The lowest BCUT2D eigenvalue weighted by Crippen LogP contribution is -2.54. The topological polar surface area (TPSA) is 78.4 Å². The monoisotopic (exact) mass is 238 g/mol. The van der Waals surface area contributed by atoms with Crippen molar-refractivity contribution in [1.82, 2.24) is 10.6 Å². The van der Waals surface area contributed by atoms with Gasteiger partial charge in [-0.2, -0.15) is 0 Å². The summed E-state index contributed by atoms with van der Waals surface area (Å²) in [6.07, 6.45) is 0.714. The maximum absolute atomic E-state index is 12.1. The summed E-state index contributed by atoms with van der Waals surface area (Å²) in [6, 6.07) is -0.406. The number of carbonyl (C=O) groups excluding carboxylic acids is 2. The SMILES string of the molecule is CC1(C)[C@H]2C[C@@H](O)[C@@]1(C)C[C@@]21NC(=O)NC1=O. The maximum atomic E-state index is 12.1. The van der Waals surface area contributed by atoms with Crippen LogP contribution in [0.15, 0.2) is 0 Å². The molecule has 3 rings (SSSR count). The lowest BCUT2D eigenvalue weighted by molar-refractivity contribution is -0.127. The molecule has 2 saturated carbocycles. The highest BCUT2D eigenvalue weighted by molar-refractivity contribution is 6.07. The van der Waals surface area contributed by atoms with Crippen molar-refractivity contribution >= 4 is 11.9 Å². The van der Waals surface area contributed by atoms with Crippen LogP contribution in [0.4, 0.5) is 4.79 Å². The minimum atomic E-state index is -0.797. The Hall–Kier alpha value is -1.10. The van der Waals surface area contributed by atoms with Gasteiger partial charge in [-0.25, -0.2) is 4.79 Å². The Morgan fingerprint density at radius 1 is 1.29 bits per heavy atom. The van der Waals surface area contributed by atoms with Gasteiger partial charge in [-0.3, -0.25) is 10.1 Å². The van der Waals surface area contributed by atoms with Gasteiger partial charge < -0.3 is 10.4 Å². The average molecular weight is 238 g/mol. The second-order valence-electron chi connectivity index (χ2n) is 6.50. The van der Waals surface area contributed by atoms with Crippen LogP contribution in [0.1, 0.15) is 33.6 Å². The first-order chi connectivity index (χ1) is 7.74. The Kier molecular flexibility index (Phi) is 1.72. The van der Waals surface area contributed by atoms with Crippen LogP contribution >= 0.6 is 0 Å². The Balaban J connectivity index is 2.10. The van der Waals surface area contributed by atoms with E-state index in [0.717, 1.165) is 0 Å². The molecule has 17 heavy (non-hydrogen) atoms. The van der Waals surface area contributed by atoms with E-state index in [1.807, 2.05) is 6.92 Å². The minimum Gasteiger partial charge on any atom is -0.393 e. The van der Waals surface area contributed by atoms with Gasteiger partial charge in [-0.15, -0.1) is 0 Å². The Morgan fingerprint density at radius 3 is 2.29 bits per heavy atom. The van der Waals surface area contributed by atoms with Gasteiger partial charge in [0.25, 0.3) is 5.91 Å². The number of imide groups is 1. The van der Waals surface area contributed by atoms with Gasteiger partial charge in [0.15, 0.2) is 0 Å². The fraction of sp³-hybridized carbons (Fsp3) is 0.833. The van der Waals surface area contributed by atoms with Crippen molar-refractivity contribution in [3.8, 4) is 0 Å². The van der Waals surface area contributed by atoms with Crippen LogP contribution in [0.3, 0.4) is 0 Å². The van der Waals surface area contributed by atoms with Crippen LogP contribution < -0.4 is 10.6 Å². The number of aliphatic hydroxyl groups is 1. The molecule has 3 aliphatic rings. The molecule has 1 spiro atoms. The molecule has 2 bridgehead atoms. The number of hydrogen-bond donors (Lipinski definition) is 3. The third-order valence-electron chi connectivity index (χ3n) is 5.75. The zero-order valence-corrected chi connectivity index (χ0v) is 10.3. The van der Waals surface area contributed by atoms with E-state index in [0.29, 0.717) is 12.8 Å². The fourth-order valence-corrected chi connectivity index (χ4v) is 4.35. The second kappa shape index (κ2) is 2.66. The molecule has 3 N–H and O–H groups in total. The molecule has 1 heterocycles. The van der Waals surface area contributed by atoms with Crippen molar-refractivity contribution in [2.45, 2.75) is 45.3 Å². The van der Waals surface area contributed by atoms with Crippen LogP contribution in [0.25, 0.3) is 0 Å². The third kappa shape index (κ3) is 0.957. The summed E-state index contributed by atoms with van der Waals surface area (Å²) in [6.45, 7) is 6.19. The molecular weight excluding hydrogens is 220 g/mol. The minimum absolute atomic E-state index is 0.00134. The fourth-order valence-electron chi connectivity index (χ4n) is 4.35. The van der Waals surface area contributed by atoms with Gasteiger partial charge in [0, 0.05) is 5.41 Å². The highest BCUT2D eigenvalue weighted by Crippen LogP contribution is 2.69. The van der Waals surface area contributed by atoms with Crippen molar-refractivity contribution in [3.63, 3.8) is 0 Å². The van der Waals surface area contributed by atoms with Gasteiger partial charge in [0.1, 0.15) is 5.54 Å². The number of fused-ring (bicyclic) bond motifs is 3. The molecule has 1 aliphatic heterocycles. The lowest BCUT2D eigenvalue weighted by atomic mass is 9.70. The van der Waals surface area contributed by atoms with E-state index in [2.05, 4.69) is 24.5 Å². The Labute approximate surface area is 100.0 Å². The molecule has 4 atom stereocenters. The first kappa shape index (κ1) is 11.0. The Bertz CT molecular complexity index is 433. The van der Waals surface area contributed by atoms with Crippen molar-refractivity contribution in [1.29, 1.82) is 0 Å². The lowest BCUT2D eigenvalue weighted by Gasteiger charge is -2.37. The molecule has 5 heteroatoms. The zero-order valence-electron chi connectivity index (χ0n) is 10.3. The molecule has 0 radical (unpaired) electrons. The molecule has 1 saturated heterocycles. The number of amides is 3. The van der Waals surface area contributed by atoms with Crippen LogP contribution in [0.2, 0.25) is 0 Å². The van der Waals surface area contributed by atoms with Crippen molar-refractivity contribution < 1.29 is 14.7 Å². The maximum Gasteiger partial charge on any atom is 0.322 e. The summed E-state index contributed by atoms with van der Waals surface area (Å²) in [4.78, 5) is 23.4. The highest BCUT2D eigenvalue weighted by Gasteiger charge is 2.74. The predicted octanol–water partition coefficient (Wildman–Crippen LogP) is 0.382. The quantitative estimate of drug-likeness (QED) is 0.534.